The third-order valence-corrected chi connectivity index (χ3v) is 5.76. The predicted octanol–water partition coefficient (Wildman–Crippen LogP) is 1.81. The SMILES string of the molecule is Cc1ccc(C(C)(C)CNC(=O)C2CCCN2S(C)(=O)=O)cc1. The largest absolute Gasteiger partial charge is 0.354 e. The molecule has 1 atom stereocenters. The Morgan fingerprint density at radius 3 is 2.48 bits per heavy atom. The van der Waals surface area contributed by atoms with Crippen LogP contribution in [0.5, 0.6) is 0 Å². The van der Waals surface area contributed by atoms with Crippen LogP contribution in [0, 0.1) is 6.92 Å². The van der Waals surface area contributed by atoms with Crippen molar-refractivity contribution in [2.24, 2.45) is 0 Å². The molecule has 1 aromatic rings. The molecule has 1 heterocycles. The van der Waals surface area contributed by atoms with E-state index < -0.39 is 16.1 Å². The van der Waals surface area contributed by atoms with Crippen molar-refractivity contribution in [2.45, 2.75) is 45.1 Å². The van der Waals surface area contributed by atoms with Gasteiger partial charge in [-0.05, 0) is 25.3 Å². The molecular weight excluding hydrogens is 312 g/mol. The Kier molecular flexibility index (Phi) is 5.16. The summed E-state index contributed by atoms with van der Waals surface area (Å²) in [6.45, 7) is 7.08. The van der Waals surface area contributed by atoms with Gasteiger partial charge >= 0.3 is 0 Å². The molecule has 1 aromatic carbocycles. The molecule has 1 unspecified atom stereocenters. The molecule has 0 spiro atoms. The Hall–Kier alpha value is -1.40. The van der Waals surface area contributed by atoms with Crippen LogP contribution in [0.15, 0.2) is 24.3 Å². The Bertz CT molecular complexity index is 666. The van der Waals surface area contributed by atoms with E-state index in [0.29, 0.717) is 19.5 Å². The number of amides is 1. The van der Waals surface area contributed by atoms with Gasteiger partial charge in [0.05, 0.1) is 6.26 Å². The zero-order chi connectivity index (χ0) is 17.3. The van der Waals surface area contributed by atoms with Crippen LogP contribution < -0.4 is 5.32 Å². The van der Waals surface area contributed by atoms with E-state index in [4.69, 9.17) is 0 Å². The summed E-state index contributed by atoms with van der Waals surface area (Å²) in [5.74, 6) is -0.201. The van der Waals surface area contributed by atoms with E-state index in [1.54, 1.807) is 0 Å². The normalized spacial score (nSPS) is 19.7. The molecule has 1 fully saturated rings. The van der Waals surface area contributed by atoms with E-state index >= 15 is 0 Å². The number of aryl methyl sites for hydroxylation is 1. The maximum atomic E-state index is 12.4. The topological polar surface area (TPSA) is 66.5 Å². The van der Waals surface area contributed by atoms with Crippen molar-refractivity contribution < 1.29 is 13.2 Å². The summed E-state index contributed by atoms with van der Waals surface area (Å²) in [5.41, 5.74) is 2.14. The lowest BCUT2D eigenvalue weighted by Crippen LogP contribution is -2.48. The van der Waals surface area contributed by atoms with Crippen LogP contribution in [-0.4, -0.2) is 44.0 Å². The average molecular weight is 338 g/mol. The van der Waals surface area contributed by atoms with Gasteiger partial charge < -0.3 is 5.32 Å². The number of benzene rings is 1. The molecule has 1 aliphatic rings. The van der Waals surface area contributed by atoms with Crippen molar-refractivity contribution in [1.29, 1.82) is 0 Å². The van der Waals surface area contributed by atoms with Crippen molar-refractivity contribution in [2.75, 3.05) is 19.3 Å². The molecule has 1 aliphatic heterocycles. The molecule has 1 amide bonds. The van der Waals surface area contributed by atoms with Gasteiger partial charge in [-0.15, -0.1) is 0 Å². The number of nitrogens with one attached hydrogen (secondary N) is 1. The number of hydrogen-bond acceptors (Lipinski definition) is 3. The summed E-state index contributed by atoms with van der Waals surface area (Å²) in [4.78, 5) is 12.4. The van der Waals surface area contributed by atoms with Gasteiger partial charge in [0.15, 0.2) is 0 Å². The van der Waals surface area contributed by atoms with Crippen molar-refractivity contribution in [1.82, 2.24) is 9.62 Å². The van der Waals surface area contributed by atoms with Crippen LogP contribution in [0.2, 0.25) is 0 Å². The molecule has 0 bridgehead atoms. The first-order valence-corrected chi connectivity index (χ1v) is 9.78. The highest BCUT2D eigenvalue weighted by Gasteiger charge is 2.36. The van der Waals surface area contributed by atoms with E-state index in [-0.39, 0.29) is 11.3 Å². The second kappa shape index (κ2) is 6.61. The zero-order valence-corrected chi connectivity index (χ0v) is 15.1. The molecule has 128 valence electrons. The maximum Gasteiger partial charge on any atom is 0.238 e. The number of nitrogens with zero attached hydrogens (tertiary/aromatic N) is 1. The molecule has 0 aliphatic carbocycles. The third kappa shape index (κ3) is 4.32. The zero-order valence-electron chi connectivity index (χ0n) is 14.3. The summed E-state index contributed by atoms with van der Waals surface area (Å²) in [7, 11) is -3.33. The average Bonchev–Trinajstić information content (AvgIpc) is 2.95. The first kappa shape index (κ1) is 17.9. The van der Waals surface area contributed by atoms with Gasteiger partial charge in [-0.1, -0.05) is 43.7 Å². The monoisotopic (exact) mass is 338 g/mol. The van der Waals surface area contributed by atoms with E-state index in [2.05, 4.69) is 43.4 Å². The van der Waals surface area contributed by atoms with Gasteiger partial charge in [0, 0.05) is 18.5 Å². The minimum Gasteiger partial charge on any atom is -0.354 e. The van der Waals surface area contributed by atoms with Crippen LogP contribution >= 0.6 is 0 Å². The molecule has 5 nitrogen and oxygen atoms in total. The highest BCUT2D eigenvalue weighted by molar-refractivity contribution is 7.88. The molecule has 23 heavy (non-hydrogen) atoms. The molecule has 0 saturated carbocycles. The fraction of sp³-hybridized carbons (Fsp3) is 0.588. The van der Waals surface area contributed by atoms with Gasteiger partial charge in [0.25, 0.3) is 0 Å². The van der Waals surface area contributed by atoms with Gasteiger partial charge in [-0.25, -0.2) is 8.42 Å². The van der Waals surface area contributed by atoms with E-state index in [0.717, 1.165) is 18.2 Å². The molecule has 2 rings (SSSR count). The van der Waals surface area contributed by atoms with E-state index in [9.17, 15) is 13.2 Å². The maximum absolute atomic E-state index is 12.4. The Morgan fingerprint density at radius 1 is 1.30 bits per heavy atom. The van der Waals surface area contributed by atoms with Gasteiger partial charge in [0.1, 0.15) is 6.04 Å². The van der Waals surface area contributed by atoms with Crippen LogP contribution in [0.4, 0.5) is 0 Å². The lowest BCUT2D eigenvalue weighted by molar-refractivity contribution is -0.124. The fourth-order valence-electron chi connectivity index (χ4n) is 2.93. The molecule has 1 N–H and O–H groups in total. The predicted molar refractivity (Wildman–Crippen MR) is 91.8 cm³/mol. The third-order valence-electron chi connectivity index (χ3n) is 4.47. The van der Waals surface area contributed by atoms with Crippen molar-refractivity contribution in [3.8, 4) is 0 Å². The lowest BCUT2D eigenvalue weighted by atomic mass is 9.84. The second-order valence-electron chi connectivity index (χ2n) is 7.00. The van der Waals surface area contributed by atoms with Gasteiger partial charge in [0.2, 0.25) is 15.9 Å². The summed E-state index contributed by atoms with van der Waals surface area (Å²) >= 11 is 0. The Labute approximate surface area is 139 Å². The Balaban J connectivity index is 2.02. The smallest absolute Gasteiger partial charge is 0.238 e. The highest BCUT2D eigenvalue weighted by atomic mass is 32.2. The van der Waals surface area contributed by atoms with Crippen molar-refractivity contribution in [3.63, 3.8) is 0 Å². The first-order valence-electron chi connectivity index (χ1n) is 7.93. The van der Waals surface area contributed by atoms with Crippen LogP contribution in [-0.2, 0) is 20.2 Å². The second-order valence-corrected chi connectivity index (χ2v) is 8.93. The molecule has 1 saturated heterocycles. The summed E-state index contributed by atoms with van der Waals surface area (Å²) in [5, 5.41) is 2.94. The van der Waals surface area contributed by atoms with E-state index in [1.165, 1.54) is 9.87 Å². The minimum atomic E-state index is -3.33. The summed E-state index contributed by atoms with van der Waals surface area (Å²) < 4.78 is 24.8. The molecule has 6 heteroatoms. The van der Waals surface area contributed by atoms with Crippen molar-refractivity contribution in [3.05, 3.63) is 35.4 Å². The number of hydrogen-bond donors (Lipinski definition) is 1. The lowest BCUT2D eigenvalue weighted by Gasteiger charge is -2.28. The first-order chi connectivity index (χ1) is 10.6. The molecular formula is C17H26N2O3S. The molecule has 0 aromatic heterocycles. The quantitative estimate of drug-likeness (QED) is 0.890. The molecule has 0 radical (unpaired) electrons. The summed E-state index contributed by atoms with van der Waals surface area (Å²) in [6.07, 6.45) is 2.48. The number of carbonyl (C=O) groups excluding carboxylic acids is 1. The standard InChI is InChI=1S/C17H26N2O3S/c1-13-7-9-14(10-8-13)17(2,3)12-18-16(20)15-6-5-11-19(15)23(4,21)22/h7-10,15H,5-6,11-12H2,1-4H3,(H,18,20). The highest BCUT2D eigenvalue weighted by Crippen LogP contribution is 2.24. The fourth-order valence-corrected chi connectivity index (χ4v) is 4.06. The van der Waals surface area contributed by atoms with Crippen molar-refractivity contribution >= 4 is 15.9 Å². The number of sulfonamides is 1. The number of rotatable bonds is 5. The van der Waals surface area contributed by atoms with Crippen LogP contribution in [0.3, 0.4) is 0 Å². The minimum absolute atomic E-state index is 0.201. The van der Waals surface area contributed by atoms with Crippen LogP contribution in [0.1, 0.15) is 37.8 Å². The van der Waals surface area contributed by atoms with E-state index in [1.807, 2.05) is 6.92 Å². The number of carbonyl (C=O) groups is 1. The Morgan fingerprint density at radius 2 is 1.91 bits per heavy atom. The summed E-state index contributed by atoms with van der Waals surface area (Å²) in [6, 6.07) is 7.68. The van der Waals surface area contributed by atoms with Crippen LogP contribution in [0.25, 0.3) is 0 Å². The van der Waals surface area contributed by atoms with Gasteiger partial charge in [-0.2, -0.15) is 4.31 Å². The van der Waals surface area contributed by atoms with Gasteiger partial charge in [-0.3, -0.25) is 4.79 Å².